The molecule has 0 N–H and O–H groups in total. The van der Waals surface area contributed by atoms with Gasteiger partial charge in [-0.3, -0.25) is 9.98 Å². The van der Waals surface area contributed by atoms with E-state index in [0.29, 0.717) is 0 Å². The lowest BCUT2D eigenvalue weighted by atomic mass is 9.77. The maximum Gasteiger partial charge on any atom is 0.228 e. The topological polar surface area (TPSA) is 49.7 Å². The molecule has 10 rings (SSSR count). The number of fused-ring (bicyclic) bond motifs is 8. The first-order valence-corrected chi connectivity index (χ1v) is 19.0. The fraction of sp³-hybridized carbons (Fsp3) is 0.277. The summed E-state index contributed by atoms with van der Waals surface area (Å²) in [5.41, 5.74) is 4.71. The number of unbranched alkanes of at least 4 members (excludes halogenated alkanes) is 2. The molecule has 6 heteroatoms. The zero-order valence-electron chi connectivity index (χ0n) is 30.8. The predicted molar refractivity (Wildman–Crippen MR) is 218 cm³/mol. The number of rotatable bonds is 6. The van der Waals surface area contributed by atoms with Gasteiger partial charge in [-0.05, 0) is 93.1 Å². The molecule has 0 radical (unpaired) electrons. The monoisotopic (exact) mass is 696 g/mol. The maximum absolute atomic E-state index is 7.17. The molecule has 0 aliphatic carbocycles. The van der Waals surface area contributed by atoms with Crippen LogP contribution in [-0.4, -0.2) is 37.0 Å². The molecule has 0 saturated heterocycles. The molecule has 0 amide bonds. The first-order valence-electron chi connectivity index (χ1n) is 19.0. The highest BCUT2D eigenvalue weighted by molar-refractivity contribution is 6.01. The number of benzene rings is 6. The molecule has 0 aromatic heterocycles. The number of anilines is 2. The molecule has 4 aliphatic rings. The summed E-state index contributed by atoms with van der Waals surface area (Å²) in [5.74, 6) is 1.67. The largest absolute Gasteiger partial charge is 0.459 e. The van der Waals surface area contributed by atoms with Crippen molar-refractivity contribution in [1.29, 1.82) is 0 Å². The SMILES string of the molecule is CC1(C)c2ccccc2N(CCCCCN2c3ccccc3C(C)(C)C23C=Nc2c(ccc4ccccc24)O3)C12C=Nc1c(ccc3ccccc13)O2. The summed E-state index contributed by atoms with van der Waals surface area (Å²) in [6.07, 6.45) is 7.21. The van der Waals surface area contributed by atoms with Crippen LogP contribution in [0.2, 0.25) is 0 Å². The predicted octanol–water partition coefficient (Wildman–Crippen LogP) is 11.0. The Morgan fingerprint density at radius 2 is 0.887 bits per heavy atom. The number of hydrogen-bond acceptors (Lipinski definition) is 6. The summed E-state index contributed by atoms with van der Waals surface area (Å²) in [5, 5.41) is 4.57. The molecule has 4 aliphatic heterocycles. The molecule has 4 heterocycles. The van der Waals surface area contributed by atoms with Gasteiger partial charge in [0.25, 0.3) is 0 Å². The molecule has 264 valence electrons. The van der Waals surface area contributed by atoms with Crippen molar-refractivity contribution in [2.45, 2.75) is 69.2 Å². The number of para-hydroxylation sites is 2. The van der Waals surface area contributed by atoms with Gasteiger partial charge < -0.3 is 19.3 Å². The van der Waals surface area contributed by atoms with Crippen LogP contribution in [0.15, 0.2) is 131 Å². The van der Waals surface area contributed by atoms with Crippen LogP contribution in [0.3, 0.4) is 0 Å². The lowest BCUT2D eigenvalue weighted by molar-refractivity contribution is 0.0761. The Morgan fingerprint density at radius 1 is 0.472 bits per heavy atom. The third-order valence-electron chi connectivity index (χ3n) is 12.6. The Bertz CT molecular complexity index is 2330. The van der Waals surface area contributed by atoms with Crippen molar-refractivity contribution in [2.75, 3.05) is 22.9 Å². The standard InChI is InChI=1S/C47H44N4O2/c1-44(2)36-20-10-12-22-38(36)50(46(44)30-48-42-34-18-8-6-16-32(34)24-26-40(42)52-46)28-14-5-15-29-51-39-23-13-11-21-37(39)45(3,4)47(51)31-49-43-35-19-9-7-17-33(35)25-27-41(43)53-47/h6-13,16-27,30-31H,5,14-15,28-29H2,1-4H3. The van der Waals surface area contributed by atoms with Crippen LogP contribution in [-0.2, 0) is 10.8 Å². The minimum Gasteiger partial charge on any atom is -0.459 e. The number of aliphatic imine (C=N–C) groups is 2. The van der Waals surface area contributed by atoms with Crippen LogP contribution in [0, 0.1) is 0 Å². The highest BCUT2D eigenvalue weighted by atomic mass is 16.5. The van der Waals surface area contributed by atoms with E-state index in [1.165, 1.54) is 33.3 Å². The second-order valence-electron chi connectivity index (χ2n) is 16.0. The summed E-state index contributed by atoms with van der Waals surface area (Å²) in [6, 6.07) is 42.9. The van der Waals surface area contributed by atoms with Gasteiger partial charge in [-0.25, -0.2) is 0 Å². The van der Waals surface area contributed by atoms with Crippen molar-refractivity contribution in [2.24, 2.45) is 9.98 Å². The summed E-state index contributed by atoms with van der Waals surface area (Å²) < 4.78 is 14.3. The Balaban J connectivity index is 0.922. The highest BCUT2D eigenvalue weighted by Crippen LogP contribution is 2.56. The minimum absolute atomic E-state index is 0.326. The van der Waals surface area contributed by atoms with Gasteiger partial charge in [0, 0.05) is 35.2 Å². The molecular formula is C47H44N4O2. The molecule has 2 atom stereocenters. The fourth-order valence-electron chi connectivity index (χ4n) is 9.60. The van der Waals surface area contributed by atoms with E-state index in [0.717, 1.165) is 66.0 Å². The third kappa shape index (κ3) is 4.38. The average Bonchev–Trinajstić information content (AvgIpc) is 3.47. The average molecular weight is 697 g/mol. The van der Waals surface area contributed by atoms with E-state index in [4.69, 9.17) is 19.5 Å². The molecule has 6 nitrogen and oxygen atoms in total. The third-order valence-corrected chi connectivity index (χ3v) is 12.6. The van der Waals surface area contributed by atoms with Crippen molar-refractivity contribution in [3.63, 3.8) is 0 Å². The Morgan fingerprint density at radius 3 is 1.36 bits per heavy atom. The molecular weight excluding hydrogens is 653 g/mol. The van der Waals surface area contributed by atoms with E-state index >= 15 is 0 Å². The van der Waals surface area contributed by atoms with Gasteiger partial charge in [0.2, 0.25) is 11.4 Å². The van der Waals surface area contributed by atoms with Gasteiger partial charge in [-0.2, -0.15) is 0 Å². The van der Waals surface area contributed by atoms with Crippen LogP contribution in [0.5, 0.6) is 11.5 Å². The van der Waals surface area contributed by atoms with Crippen molar-refractivity contribution < 1.29 is 9.47 Å². The summed E-state index contributed by atoms with van der Waals surface area (Å²) >= 11 is 0. The molecule has 53 heavy (non-hydrogen) atoms. The van der Waals surface area contributed by atoms with E-state index in [9.17, 15) is 0 Å². The van der Waals surface area contributed by atoms with Crippen LogP contribution < -0.4 is 19.3 Å². The van der Waals surface area contributed by atoms with Crippen molar-refractivity contribution in [1.82, 2.24) is 0 Å². The molecule has 6 aromatic carbocycles. The van der Waals surface area contributed by atoms with Gasteiger partial charge in [0.1, 0.15) is 22.9 Å². The summed E-state index contributed by atoms with van der Waals surface area (Å²) in [7, 11) is 0. The summed E-state index contributed by atoms with van der Waals surface area (Å²) in [4.78, 5) is 15.3. The lowest BCUT2D eigenvalue weighted by Crippen LogP contribution is -2.62. The number of nitrogens with zero attached hydrogens (tertiary/aromatic N) is 4. The van der Waals surface area contributed by atoms with Gasteiger partial charge >= 0.3 is 0 Å². The Hall–Kier alpha value is -5.62. The second kappa shape index (κ2) is 11.4. The van der Waals surface area contributed by atoms with E-state index < -0.39 is 11.4 Å². The smallest absolute Gasteiger partial charge is 0.228 e. The van der Waals surface area contributed by atoms with E-state index in [2.05, 4.69) is 171 Å². The van der Waals surface area contributed by atoms with Crippen molar-refractivity contribution >= 4 is 56.7 Å². The van der Waals surface area contributed by atoms with Crippen molar-refractivity contribution in [3.8, 4) is 11.5 Å². The summed E-state index contributed by atoms with van der Waals surface area (Å²) in [6.45, 7) is 10.9. The molecule has 2 spiro atoms. The van der Waals surface area contributed by atoms with E-state index in [-0.39, 0.29) is 10.8 Å². The molecule has 0 fully saturated rings. The Kier molecular flexibility index (Phi) is 6.92. The second-order valence-corrected chi connectivity index (χ2v) is 16.0. The first kappa shape index (κ1) is 32.1. The van der Waals surface area contributed by atoms with Crippen LogP contribution in [0.25, 0.3) is 21.5 Å². The van der Waals surface area contributed by atoms with Crippen LogP contribution in [0.4, 0.5) is 22.7 Å². The van der Waals surface area contributed by atoms with Gasteiger partial charge in [-0.15, -0.1) is 0 Å². The first-order chi connectivity index (χ1) is 25.8. The highest BCUT2D eigenvalue weighted by Gasteiger charge is 2.61. The molecule has 2 unspecified atom stereocenters. The van der Waals surface area contributed by atoms with Gasteiger partial charge in [0.15, 0.2) is 0 Å². The normalized spacial score (nSPS) is 22.5. The maximum atomic E-state index is 7.17. The van der Waals surface area contributed by atoms with Crippen LogP contribution in [0.1, 0.15) is 58.1 Å². The Labute approximate surface area is 311 Å². The van der Waals surface area contributed by atoms with Gasteiger partial charge in [0.05, 0.1) is 23.3 Å². The van der Waals surface area contributed by atoms with E-state index in [1.54, 1.807) is 0 Å². The molecule has 6 aromatic rings. The minimum atomic E-state index is -0.738. The van der Waals surface area contributed by atoms with Gasteiger partial charge in [-0.1, -0.05) is 97.1 Å². The van der Waals surface area contributed by atoms with Crippen LogP contribution >= 0.6 is 0 Å². The zero-order valence-corrected chi connectivity index (χ0v) is 30.8. The number of hydrogen-bond donors (Lipinski definition) is 0. The molecule has 0 bridgehead atoms. The fourth-order valence-corrected chi connectivity index (χ4v) is 9.60. The molecule has 0 saturated carbocycles. The zero-order chi connectivity index (χ0) is 36.0. The lowest BCUT2D eigenvalue weighted by Gasteiger charge is -2.47. The van der Waals surface area contributed by atoms with Crippen molar-refractivity contribution in [3.05, 3.63) is 132 Å². The van der Waals surface area contributed by atoms with E-state index in [1.807, 2.05) is 0 Å². The number of ether oxygens (including phenoxy) is 2. The quantitative estimate of drug-likeness (QED) is 0.163.